The Bertz CT molecular complexity index is 795. The summed E-state index contributed by atoms with van der Waals surface area (Å²) in [5.74, 6) is 0.859. The second kappa shape index (κ2) is 13.5. The molecule has 1 aliphatic rings. The summed E-state index contributed by atoms with van der Waals surface area (Å²) in [5.41, 5.74) is 3.70. The fraction of sp³-hybridized carbons (Fsp3) is 0.586. The lowest BCUT2D eigenvalue weighted by molar-refractivity contribution is 0.0973. The van der Waals surface area contributed by atoms with Crippen LogP contribution in [-0.2, 0) is 0 Å². The van der Waals surface area contributed by atoms with E-state index in [4.69, 9.17) is 0 Å². The molecule has 0 saturated carbocycles. The van der Waals surface area contributed by atoms with Crippen molar-refractivity contribution in [3.05, 3.63) is 58.2 Å². The van der Waals surface area contributed by atoms with E-state index < -0.39 is 0 Å². The zero-order valence-electron chi connectivity index (χ0n) is 20.3. The Balaban J connectivity index is 1.63. The number of hydrogen-bond donors (Lipinski definition) is 0. The van der Waals surface area contributed by atoms with Gasteiger partial charge in [-0.15, -0.1) is 0 Å². The van der Waals surface area contributed by atoms with Crippen LogP contribution in [0.5, 0.6) is 0 Å². The third-order valence-corrected chi connectivity index (χ3v) is 6.49. The molecule has 0 saturated heterocycles. The lowest BCUT2D eigenvalue weighted by atomic mass is 9.83. The predicted octanol–water partition coefficient (Wildman–Crippen LogP) is 8.67. The standard InChI is InChI=1S/C29H42O2/c1-22(2)16-12-10-8-6-5-7-9-11-13-17-23(3)20-21-25-24(4)28(30)26-18-14-15-19-27(26)29(25)31/h14-15,18-20,22H,5-13,16-17,21H2,1-4H3/b23-20+. The van der Waals surface area contributed by atoms with Crippen LogP contribution in [0.25, 0.3) is 0 Å². The van der Waals surface area contributed by atoms with Gasteiger partial charge in [0, 0.05) is 22.3 Å². The summed E-state index contributed by atoms with van der Waals surface area (Å²) < 4.78 is 0. The van der Waals surface area contributed by atoms with Crippen LogP contribution in [0.3, 0.4) is 0 Å². The maximum Gasteiger partial charge on any atom is 0.190 e. The van der Waals surface area contributed by atoms with E-state index in [2.05, 4.69) is 26.8 Å². The summed E-state index contributed by atoms with van der Waals surface area (Å²) in [6.45, 7) is 8.56. The highest BCUT2D eigenvalue weighted by Crippen LogP contribution is 2.28. The third-order valence-electron chi connectivity index (χ3n) is 6.49. The molecule has 1 aliphatic carbocycles. The normalized spacial score (nSPS) is 14.5. The van der Waals surface area contributed by atoms with Crippen molar-refractivity contribution in [2.24, 2.45) is 5.92 Å². The number of rotatable bonds is 14. The lowest BCUT2D eigenvalue weighted by Crippen LogP contribution is -2.20. The van der Waals surface area contributed by atoms with Crippen molar-refractivity contribution in [3.8, 4) is 0 Å². The smallest absolute Gasteiger partial charge is 0.190 e. The minimum atomic E-state index is -0.00354. The maximum atomic E-state index is 12.8. The van der Waals surface area contributed by atoms with E-state index in [1.807, 2.05) is 12.1 Å². The summed E-state index contributed by atoms with van der Waals surface area (Å²) in [6, 6.07) is 7.17. The van der Waals surface area contributed by atoms with Gasteiger partial charge >= 0.3 is 0 Å². The molecular formula is C29H42O2. The Morgan fingerprint density at radius 1 is 0.806 bits per heavy atom. The number of benzene rings is 1. The van der Waals surface area contributed by atoms with Crippen LogP contribution in [0.15, 0.2) is 47.1 Å². The van der Waals surface area contributed by atoms with E-state index in [9.17, 15) is 9.59 Å². The minimum absolute atomic E-state index is 0.00354. The van der Waals surface area contributed by atoms with Crippen LogP contribution in [0.2, 0.25) is 0 Å². The van der Waals surface area contributed by atoms with Crippen molar-refractivity contribution < 1.29 is 9.59 Å². The van der Waals surface area contributed by atoms with Gasteiger partial charge in [0.25, 0.3) is 0 Å². The molecule has 0 heterocycles. The summed E-state index contributed by atoms with van der Waals surface area (Å²) in [4.78, 5) is 25.4. The summed E-state index contributed by atoms with van der Waals surface area (Å²) in [5, 5.41) is 0. The highest BCUT2D eigenvalue weighted by Gasteiger charge is 2.28. The molecule has 0 fully saturated rings. The molecule has 31 heavy (non-hydrogen) atoms. The summed E-state index contributed by atoms with van der Waals surface area (Å²) >= 11 is 0. The van der Waals surface area contributed by atoms with Crippen molar-refractivity contribution >= 4 is 11.6 Å². The fourth-order valence-corrected chi connectivity index (χ4v) is 4.37. The van der Waals surface area contributed by atoms with E-state index in [1.165, 1.54) is 69.8 Å². The van der Waals surface area contributed by atoms with Gasteiger partial charge in [0.2, 0.25) is 0 Å². The Labute approximate surface area is 190 Å². The SMILES string of the molecule is CC1=C(C/C=C(\C)CCCCCCCCCCCC(C)C)C(=O)c2ccccc2C1=O. The lowest BCUT2D eigenvalue weighted by Gasteiger charge is -2.18. The number of allylic oxidation sites excluding steroid dienone is 4. The zero-order valence-corrected chi connectivity index (χ0v) is 20.3. The van der Waals surface area contributed by atoms with Crippen molar-refractivity contribution in [2.45, 2.75) is 105 Å². The number of hydrogen-bond acceptors (Lipinski definition) is 2. The first kappa shape index (κ1) is 25.3. The quantitative estimate of drug-likeness (QED) is 0.222. The zero-order chi connectivity index (χ0) is 22.6. The second-order valence-electron chi connectivity index (χ2n) is 9.68. The number of carbonyl (C=O) groups excluding carboxylic acids is 2. The molecule has 0 bridgehead atoms. The Morgan fingerprint density at radius 3 is 1.90 bits per heavy atom. The van der Waals surface area contributed by atoms with E-state index >= 15 is 0 Å². The topological polar surface area (TPSA) is 34.1 Å². The van der Waals surface area contributed by atoms with E-state index in [0.29, 0.717) is 28.7 Å². The van der Waals surface area contributed by atoms with Gasteiger partial charge < -0.3 is 0 Å². The van der Waals surface area contributed by atoms with Gasteiger partial charge in [-0.1, -0.05) is 108 Å². The molecule has 170 valence electrons. The molecule has 0 aliphatic heterocycles. The Morgan fingerprint density at radius 2 is 1.32 bits per heavy atom. The van der Waals surface area contributed by atoms with Crippen LogP contribution in [0, 0.1) is 5.92 Å². The number of Topliss-reactive ketones (excluding diaryl/α,β-unsaturated/α-hetero) is 2. The molecule has 0 amide bonds. The molecule has 1 aromatic rings. The van der Waals surface area contributed by atoms with Gasteiger partial charge in [-0.05, 0) is 39.0 Å². The highest BCUT2D eigenvalue weighted by molar-refractivity contribution is 6.26. The molecule has 0 unspecified atom stereocenters. The molecule has 0 N–H and O–H groups in total. The molecule has 0 aromatic heterocycles. The van der Waals surface area contributed by atoms with Crippen molar-refractivity contribution in [3.63, 3.8) is 0 Å². The van der Waals surface area contributed by atoms with Gasteiger partial charge in [-0.3, -0.25) is 9.59 Å². The first-order valence-corrected chi connectivity index (χ1v) is 12.5. The molecule has 1 aromatic carbocycles. The van der Waals surface area contributed by atoms with Crippen LogP contribution >= 0.6 is 0 Å². The Kier molecular flexibility index (Phi) is 11.0. The molecule has 2 heteroatoms. The van der Waals surface area contributed by atoms with Gasteiger partial charge in [0.1, 0.15) is 0 Å². The molecular weight excluding hydrogens is 380 g/mol. The number of carbonyl (C=O) groups is 2. The van der Waals surface area contributed by atoms with Crippen LogP contribution < -0.4 is 0 Å². The van der Waals surface area contributed by atoms with Gasteiger partial charge in [0.05, 0.1) is 0 Å². The van der Waals surface area contributed by atoms with E-state index in [0.717, 1.165) is 12.3 Å². The van der Waals surface area contributed by atoms with Crippen molar-refractivity contribution in [1.29, 1.82) is 0 Å². The van der Waals surface area contributed by atoms with Crippen molar-refractivity contribution in [2.75, 3.05) is 0 Å². The molecule has 2 nitrogen and oxygen atoms in total. The monoisotopic (exact) mass is 422 g/mol. The molecule has 2 rings (SSSR count). The van der Waals surface area contributed by atoms with Crippen LogP contribution in [0.1, 0.15) is 125 Å². The van der Waals surface area contributed by atoms with Crippen molar-refractivity contribution in [1.82, 2.24) is 0 Å². The van der Waals surface area contributed by atoms with E-state index in [1.54, 1.807) is 19.1 Å². The summed E-state index contributed by atoms with van der Waals surface area (Å²) in [7, 11) is 0. The molecule has 0 spiro atoms. The predicted molar refractivity (Wildman–Crippen MR) is 132 cm³/mol. The molecule has 0 radical (unpaired) electrons. The first-order chi connectivity index (χ1) is 14.9. The largest absolute Gasteiger partial charge is 0.289 e. The van der Waals surface area contributed by atoms with Crippen LogP contribution in [-0.4, -0.2) is 11.6 Å². The van der Waals surface area contributed by atoms with Gasteiger partial charge in [-0.25, -0.2) is 0 Å². The fourth-order valence-electron chi connectivity index (χ4n) is 4.37. The average molecular weight is 423 g/mol. The number of unbranched alkanes of at least 4 members (excludes halogenated alkanes) is 8. The Hall–Kier alpha value is -1.96. The van der Waals surface area contributed by atoms with Gasteiger partial charge in [-0.2, -0.15) is 0 Å². The molecule has 0 atom stereocenters. The highest BCUT2D eigenvalue weighted by atomic mass is 16.1. The average Bonchev–Trinajstić information content (AvgIpc) is 2.75. The first-order valence-electron chi connectivity index (χ1n) is 12.5. The van der Waals surface area contributed by atoms with Crippen LogP contribution in [0.4, 0.5) is 0 Å². The summed E-state index contributed by atoms with van der Waals surface area (Å²) in [6.07, 6.45) is 17.3. The van der Waals surface area contributed by atoms with E-state index in [-0.39, 0.29) is 11.6 Å². The van der Waals surface area contributed by atoms with Gasteiger partial charge in [0.15, 0.2) is 11.6 Å². The maximum absolute atomic E-state index is 12.8. The minimum Gasteiger partial charge on any atom is -0.289 e. The number of ketones is 2. The number of fused-ring (bicyclic) bond motifs is 1. The third kappa shape index (κ3) is 8.24. The second-order valence-corrected chi connectivity index (χ2v) is 9.68.